The van der Waals surface area contributed by atoms with Crippen LogP contribution in [0.3, 0.4) is 0 Å². The lowest BCUT2D eigenvalue weighted by Gasteiger charge is -2.35. The molecule has 0 spiro atoms. The lowest BCUT2D eigenvalue weighted by molar-refractivity contribution is -0.206. The Morgan fingerprint density at radius 3 is 2.83 bits per heavy atom. The number of ether oxygens (including phenoxy) is 2. The molecule has 1 saturated heterocycles. The predicted octanol–water partition coefficient (Wildman–Crippen LogP) is 0.306. The molecule has 1 atom stereocenters. The summed E-state index contributed by atoms with van der Waals surface area (Å²) in [7, 11) is 0. The third-order valence-electron chi connectivity index (χ3n) is 1.52. The molecule has 1 rings (SSSR count). The van der Waals surface area contributed by atoms with Crippen LogP contribution in [0.4, 0.5) is 0 Å². The lowest BCUT2D eigenvalue weighted by Crippen LogP contribution is -2.51. The van der Waals surface area contributed by atoms with Crippen molar-refractivity contribution in [3.05, 3.63) is 0 Å². The Hall–Kier alpha value is -0.320. The molecule has 1 heterocycles. The number of nitrogens with one attached hydrogen (secondary N) is 1. The molecular formula is C7H14ClNO3. The van der Waals surface area contributed by atoms with Crippen molar-refractivity contribution in [3.8, 4) is 0 Å². The summed E-state index contributed by atoms with van der Waals surface area (Å²) in [6.07, 6.45) is -0.434. The largest absolute Gasteiger partial charge is 0.437 e. The number of rotatable bonds is 2. The minimum Gasteiger partial charge on any atom is -0.437 e. The van der Waals surface area contributed by atoms with Gasteiger partial charge in [0.2, 0.25) is 6.29 Å². The van der Waals surface area contributed by atoms with Crippen molar-refractivity contribution >= 4 is 18.9 Å². The topological polar surface area (TPSA) is 47.6 Å². The minimum atomic E-state index is -0.434. The van der Waals surface area contributed by atoms with E-state index in [0.717, 1.165) is 6.54 Å². The van der Waals surface area contributed by atoms with Crippen LogP contribution in [0, 0.1) is 0 Å². The Morgan fingerprint density at radius 2 is 2.33 bits per heavy atom. The Balaban J connectivity index is 0.00000121. The SMILES string of the molecule is CC1(C)CNC[C@H](OC=O)O1.Cl. The molecule has 0 radical (unpaired) electrons. The van der Waals surface area contributed by atoms with Gasteiger partial charge in [0.15, 0.2) is 0 Å². The van der Waals surface area contributed by atoms with Crippen LogP contribution in [-0.4, -0.2) is 31.5 Å². The highest BCUT2D eigenvalue weighted by atomic mass is 35.5. The molecule has 12 heavy (non-hydrogen) atoms. The zero-order chi connectivity index (χ0) is 8.32. The van der Waals surface area contributed by atoms with Gasteiger partial charge in [-0.25, -0.2) is 0 Å². The minimum absolute atomic E-state index is 0. The molecule has 0 amide bonds. The number of carbonyl (C=O) groups is 1. The van der Waals surface area contributed by atoms with E-state index in [2.05, 4.69) is 10.1 Å². The van der Waals surface area contributed by atoms with E-state index in [1.165, 1.54) is 0 Å². The highest BCUT2D eigenvalue weighted by molar-refractivity contribution is 5.85. The summed E-state index contributed by atoms with van der Waals surface area (Å²) in [6.45, 7) is 5.66. The van der Waals surface area contributed by atoms with Gasteiger partial charge in [0.05, 0.1) is 12.1 Å². The Kier molecular flexibility index (Phi) is 4.52. The van der Waals surface area contributed by atoms with Crippen molar-refractivity contribution in [2.45, 2.75) is 25.7 Å². The smallest absolute Gasteiger partial charge is 0.295 e. The number of halogens is 1. The Morgan fingerprint density at radius 1 is 1.67 bits per heavy atom. The number of hydrogen-bond donors (Lipinski definition) is 1. The first-order valence-corrected chi connectivity index (χ1v) is 3.62. The Bertz CT molecular complexity index is 152. The average molecular weight is 196 g/mol. The van der Waals surface area contributed by atoms with Crippen LogP contribution in [-0.2, 0) is 14.3 Å². The van der Waals surface area contributed by atoms with Crippen LogP contribution in [0.15, 0.2) is 0 Å². The first-order chi connectivity index (χ1) is 5.14. The van der Waals surface area contributed by atoms with Gasteiger partial charge in [-0.05, 0) is 13.8 Å². The monoisotopic (exact) mass is 195 g/mol. The van der Waals surface area contributed by atoms with E-state index in [9.17, 15) is 4.79 Å². The van der Waals surface area contributed by atoms with Crippen LogP contribution < -0.4 is 5.32 Å². The fraction of sp³-hybridized carbons (Fsp3) is 0.857. The molecule has 0 aromatic carbocycles. The van der Waals surface area contributed by atoms with Crippen molar-refractivity contribution in [2.75, 3.05) is 13.1 Å². The van der Waals surface area contributed by atoms with Crippen molar-refractivity contribution in [1.82, 2.24) is 5.32 Å². The van der Waals surface area contributed by atoms with Crippen LogP contribution in [0.2, 0.25) is 0 Å². The summed E-state index contributed by atoms with van der Waals surface area (Å²) in [4.78, 5) is 9.95. The molecular weight excluding hydrogens is 182 g/mol. The Labute approximate surface area is 78.0 Å². The van der Waals surface area contributed by atoms with E-state index in [-0.39, 0.29) is 18.0 Å². The summed E-state index contributed by atoms with van der Waals surface area (Å²) in [5, 5.41) is 3.10. The second-order valence-electron chi connectivity index (χ2n) is 3.17. The molecule has 5 heteroatoms. The van der Waals surface area contributed by atoms with Gasteiger partial charge < -0.3 is 14.8 Å². The van der Waals surface area contributed by atoms with Gasteiger partial charge in [-0.1, -0.05) is 0 Å². The average Bonchev–Trinajstić information content (AvgIpc) is 1.85. The number of carbonyl (C=O) groups excluding carboxylic acids is 1. The van der Waals surface area contributed by atoms with Gasteiger partial charge in [-0.2, -0.15) is 0 Å². The van der Waals surface area contributed by atoms with Gasteiger partial charge in [-0.15, -0.1) is 12.4 Å². The molecule has 4 nitrogen and oxygen atoms in total. The van der Waals surface area contributed by atoms with E-state index in [1.54, 1.807) is 0 Å². The van der Waals surface area contributed by atoms with E-state index < -0.39 is 6.29 Å². The first-order valence-electron chi connectivity index (χ1n) is 3.62. The van der Waals surface area contributed by atoms with E-state index in [0.29, 0.717) is 13.0 Å². The summed E-state index contributed by atoms with van der Waals surface area (Å²) in [5.41, 5.74) is -0.244. The maximum Gasteiger partial charge on any atom is 0.295 e. The first kappa shape index (κ1) is 11.7. The molecule has 0 aromatic heterocycles. The predicted molar refractivity (Wildman–Crippen MR) is 46.2 cm³/mol. The molecule has 0 aromatic rings. The van der Waals surface area contributed by atoms with Crippen LogP contribution in [0.1, 0.15) is 13.8 Å². The maximum absolute atomic E-state index is 9.95. The molecule has 0 unspecified atom stereocenters. The van der Waals surface area contributed by atoms with Crippen LogP contribution >= 0.6 is 12.4 Å². The summed E-state index contributed by atoms with van der Waals surface area (Å²) >= 11 is 0. The molecule has 0 aliphatic carbocycles. The fourth-order valence-electron chi connectivity index (χ4n) is 1.07. The van der Waals surface area contributed by atoms with Gasteiger partial charge in [0, 0.05) is 6.54 Å². The standard InChI is InChI=1S/C7H13NO3.ClH/c1-7(2)4-8-3-6(11-7)10-5-9;/h5-6,8H,3-4H2,1-2H3;1H/t6-;/m1./s1. The van der Waals surface area contributed by atoms with Gasteiger partial charge in [0.25, 0.3) is 6.47 Å². The molecule has 1 N–H and O–H groups in total. The normalized spacial score (nSPS) is 27.0. The van der Waals surface area contributed by atoms with Gasteiger partial charge in [-0.3, -0.25) is 4.79 Å². The second-order valence-corrected chi connectivity index (χ2v) is 3.17. The number of hydrogen-bond acceptors (Lipinski definition) is 4. The van der Waals surface area contributed by atoms with E-state index in [1.807, 2.05) is 13.8 Å². The zero-order valence-corrected chi connectivity index (χ0v) is 8.02. The second kappa shape index (κ2) is 4.64. The van der Waals surface area contributed by atoms with Crippen molar-refractivity contribution in [1.29, 1.82) is 0 Å². The molecule has 0 bridgehead atoms. The zero-order valence-electron chi connectivity index (χ0n) is 7.20. The fourth-order valence-corrected chi connectivity index (χ4v) is 1.07. The summed E-state index contributed by atoms with van der Waals surface area (Å²) in [6, 6.07) is 0. The van der Waals surface area contributed by atoms with Crippen molar-refractivity contribution in [2.24, 2.45) is 0 Å². The maximum atomic E-state index is 9.95. The third-order valence-corrected chi connectivity index (χ3v) is 1.52. The molecule has 1 aliphatic rings. The van der Waals surface area contributed by atoms with Gasteiger partial charge >= 0.3 is 0 Å². The molecule has 72 valence electrons. The van der Waals surface area contributed by atoms with Crippen LogP contribution in [0.5, 0.6) is 0 Å². The summed E-state index contributed by atoms with van der Waals surface area (Å²) < 4.78 is 10.1. The molecule has 0 saturated carbocycles. The quantitative estimate of drug-likeness (QED) is 0.645. The number of morpholine rings is 1. The van der Waals surface area contributed by atoms with E-state index >= 15 is 0 Å². The van der Waals surface area contributed by atoms with E-state index in [4.69, 9.17) is 4.74 Å². The summed E-state index contributed by atoms with van der Waals surface area (Å²) in [5.74, 6) is 0. The highest BCUT2D eigenvalue weighted by Crippen LogP contribution is 2.14. The van der Waals surface area contributed by atoms with Crippen molar-refractivity contribution in [3.63, 3.8) is 0 Å². The molecule has 1 aliphatic heterocycles. The third kappa shape index (κ3) is 3.38. The molecule has 1 fully saturated rings. The van der Waals surface area contributed by atoms with Gasteiger partial charge in [0.1, 0.15) is 0 Å². The van der Waals surface area contributed by atoms with Crippen molar-refractivity contribution < 1.29 is 14.3 Å². The lowest BCUT2D eigenvalue weighted by atomic mass is 10.1. The van der Waals surface area contributed by atoms with Crippen LogP contribution in [0.25, 0.3) is 0 Å². The highest BCUT2D eigenvalue weighted by Gasteiger charge is 2.28.